The minimum Gasteiger partial charge on any atom is -0.494 e. The number of benzene rings is 1. The van der Waals surface area contributed by atoms with Gasteiger partial charge < -0.3 is 14.8 Å². The van der Waals surface area contributed by atoms with Crippen LogP contribution >= 0.6 is 0 Å². The number of hydrogen-bond acceptors (Lipinski definition) is 5. The Morgan fingerprint density at radius 3 is 2.44 bits per heavy atom. The van der Waals surface area contributed by atoms with Crippen LogP contribution in [-0.4, -0.2) is 25.0 Å². The first-order chi connectivity index (χ1) is 15.3. The van der Waals surface area contributed by atoms with Crippen molar-refractivity contribution in [2.24, 2.45) is 5.41 Å². The molecule has 1 heterocycles. The maximum absolute atomic E-state index is 13.3. The van der Waals surface area contributed by atoms with E-state index in [1.54, 1.807) is 0 Å². The molecule has 0 fully saturated rings. The van der Waals surface area contributed by atoms with E-state index in [-0.39, 0.29) is 17.2 Å². The third kappa shape index (κ3) is 5.43. The zero-order chi connectivity index (χ0) is 23.3. The minimum absolute atomic E-state index is 0.101. The summed E-state index contributed by atoms with van der Waals surface area (Å²) in [5.74, 6) is 0.128. The van der Waals surface area contributed by atoms with E-state index < -0.39 is 5.92 Å². The van der Waals surface area contributed by atoms with Gasteiger partial charge in [0.25, 0.3) is 0 Å². The summed E-state index contributed by atoms with van der Waals surface area (Å²) in [5.41, 5.74) is 3.75. The Balaban J connectivity index is 1.98. The summed E-state index contributed by atoms with van der Waals surface area (Å²) in [6.07, 6.45) is 5.12. The lowest BCUT2D eigenvalue weighted by Crippen LogP contribution is -2.38. The summed E-state index contributed by atoms with van der Waals surface area (Å²) in [6, 6.07) is 7.78. The Hall–Kier alpha value is -2.56. The molecule has 0 radical (unpaired) electrons. The molecule has 5 nitrogen and oxygen atoms in total. The first kappa shape index (κ1) is 24.1. The second-order valence-corrected chi connectivity index (χ2v) is 9.69. The van der Waals surface area contributed by atoms with Gasteiger partial charge >= 0.3 is 5.97 Å². The predicted octanol–water partition coefficient (Wildman–Crippen LogP) is 5.81. The van der Waals surface area contributed by atoms with Crippen LogP contribution in [-0.2, 0) is 14.3 Å². The second kappa shape index (κ2) is 10.4. The Morgan fingerprint density at radius 1 is 1.06 bits per heavy atom. The van der Waals surface area contributed by atoms with Crippen molar-refractivity contribution in [3.05, 3.63) is 52.4 Å². The summed E-state index contributed by atoms with van der Waals surface area (Å²) in [5, 5.41) is 3.39. The van der Waals surface area contributed by atoms with Crippen LogP contribution in [0.3, 0.4) is 0 Å². The highest BCUT2D eigenvalue weighted by Crippen LogP contribution is 2.47. The number of ether oxygens (including phenoxy) is 2. The van der Waals surface area contributed by atoms with Crippen LogP contribution in [0.15, 0.2) is 46.8 Å². The highest BCUT2D eigenvalue weighted by atomic mass is 16.5. The molecule has 1 atom stereocenters. The lowest BCUT2D eigenvalue weighted by atomic mass is 9.68. The van der Waals surface area contributed by atoms with E-state index in [0.717, 1.165) is 54.8 Å². The van der Waals surface area contributed by atoms with Crippen molar-refractivity contribution in [2.75, 3.05) is 13.2 Å². The van der Waals surface area contributed by atoms with Crippen LogP contribution in [0.5, 0.6) is 5.75 Å². The summed E-state index contributed by atoms with van der Waals surface area (Å²) in [7, 11) is 0. The van der Waals surface area contributed by atoms with Gasteiger partial charge in [0, 0.05) is 29.3 Å². The normalized spacial score (nSPS) is 20.0. The van der Waals surface area contributed by atoms with Crippen molar-refractivity contribution < 1.29 is 19.1 Å². The summed E-state index contributed by atoms with van der Waals surface area (Å²) >= 11 is 0. The Labute approximate surface area is 192 Å². The van der Waals surface area contributed by atoms with Gasteiger partial charge in [-0.1, -0.05) is 52.7 Å². The topological polar surface area (TPSA) is 64.6 Å². The molecule has 1 N–H and O–H groups in total. The summed E-state index contributed by atoms with van der Waals surface area (Å²) in [6.45, 7) is 11.4. The van der Waals surface area contributed by atoms with Gasteiger partial charge in [0.1, 0.15) is 5.75 Å². The molecule has 32 heavy (non-hydrogen) atoms. The van der Waals surface area contributed by atoms with Gasteiger partial charge in [-0.25, -0.2) is 4.79 Å². The van der Waals surface area contributed by atoms with Crippen molar-refractivity contribution >= 4 is 11.8 Å². The Kier molecular flexibility index (Phi) is 7.81. The number of dihydropyridines is 1. The fourth-order valence-electron chi connectivity index (χ4n) is 4.61. The van der Waals surface area contributed by atoms with Crippen molar-refractivity contribution in [3.63, 3.8) is 0 Å². The second-order valence-electron chi connectivity index (χ2n) is 9.69. The summed E-state index contributed by atoms with van der Waals surface area (Å²) < 4.78 is 11.4. The van der Waals surface area contributed by atoms with Crippen molar-refractivity contribution in [1.82, 2.24) is 5.32 Å². The average Bonchev–Trinajstić information content (AvgIpc) is 2.73. The monoisotopic (exact) mass is 439 g/mol. The van der Waals surface area contributed by atoms with E-state index in [1.807, 2.05) is 31.2 Å². The molecule has 1 aromatic rings. The highest BCUT2D eigenvalue weighted by Gasteiger charge is 2.43. The molecule has 0 bridgehead atoms. The number of unbranched alkanes of at least 4 members (excludes halogenated alkanes) is 2. The van der Waals surface area contributed by atoms with Gasteiger partial charge in [-0.05, 0) is 49.3 Å². The number of ketones is 1. The van der Waals surface area contributed by atoms with Gasteiger partial charge in [-0.15, -0.1) is 0 Å². The number of allylic oxidation sites excluding steroid dienone is 3. The molecule has 0 saturated heterocycles. The maximum atomic E-state index is 13.3. The van der Waals surface area contributed by atoms with E-state index in [2.05, 4.69) is 33.0 Å². The van der Waals surface area contributed by atoms with Crippen molar-refractivity contribution in [1.29, 1.82) is 0 Å². The first-order valence-corrected chi connectivity index (χ1v) is 11.9. The first-order valence-electron chi connectivity index (χ1n) is 11.9. The minimum atomic E-state index is -0.422. The van der Waals surface area contributed by atoms with Crippen molar-refractivity contribution in [2.45, 2.75) is 79.1 Å². The lowest BCUT2D eigenvalue weighted by molar-refractivity contribution is -0.139. The van der Waals surface area contributed by atoms with E-state index in [0.29, 0.717) is 30.8 Å². The van der Waals surface area contributed by atoms with E-state index in [9.17, 15) is 9.59 Å². The smallest absolute Gasteiger partial charge is 0.336 e. The van der Waals surface area contributed by atoms with Crippen LogP contribution in [0.2, 0.25) is 0 Å². The molecule has 3 rings (SSSR count). The third-order valence-corrected chi connectivity index (χ3v) is 6.13. The molecule has 174 valence electrons. The van der Waals surface area contributed by atoms with E-state index in [4.69, 9.17) is 9.47 Å². The molecule has 0 spiro atoms. The Bertz CT molecular complexity index is 908. The van der Waals surface area contributed by atoms with Crippen LogP contribution < -0.4 is 10.1 Å². The number of hydrogen-bond donors (Lipinski definition) is 1. The van der Waals surface area contributed by atoms with Crippen LogP contribution in [0.4, 0.5) is 0 Å². The van der Waals surface area contributed by atoms with Gasteiger partial charge in [0.05, 0.1) is 18.8 Å². The van der Waals surface area contributed by atoms with Crippen molar-refractivity contribution in [3.8, 4) is 5.75 Å². The molecule has 0 aromatic heterocycles. The molecular formula is C27H37NO4. The largest absolute Gasteiger partial charge is 0.494 e. The zero-order valence-electron chi connectivity index (χ0n) is 20.2. The SMILES string of the molecule is CCCCCOC(=O)C1=C(C)NC2=C(C(=O)CC(C)(C)C2)C1c1ccc(OCCC)cc1. The van der Waals surface area contributed by atoms with Crippen LogP contribution in [0.25, 0.3) is 0 Å². The third-order valence-electron chi connectivity index (χ3n) is 6.13. The fourth-order valence-corrected chi connectivity index (χ4v) is 4.61. The van der Waals surface area contributed by atoms with E-state index in [1.165, 1.54) is 0 Å². The number of carbonyl (C=O) groups is 2. The molecular weight excluding hydrogens is 402 g/mol. The number of esters is 1. The molecule has 1 aromatic carbocycles. The predicted molar refractivity (Wildman–Crippen MR) is 126 cm³/mol. The molecule has 1 aliphatic heterocycles. The highest BCUT2D eigenvalue weighted by molar-refractivity contribution is 6.04. The molecule has 0 amide bonds. The maximum Gasteiger partial charge on any atom is 0.336 e. The quantitative estimate of drug-likeness (QED) is 0.388. The van der Waals surface area contributed by atoms with Gasteiger partial charge in [-0.2, -0.15) is 0 Å². The summed E-state index contributed by atoms with van der Waals surface area (Å²) in [4.78, 5) is 26.5. The zero-order valence-corrected chi connectivity index (χ0v) is 20.2. The number of rotatable bonds is 9. The van der Waals surface area contributed by atoms with Crippen LogP contribution in [0.1, 0.15) is 84.6 Å². The molecule has 0 saturated carbocycles. The van der Waals surface area contributed by atoms with Gasteiger partial charge in [-0.3, -0.25) is 4.79 Å². The molecule has 5 heteroatoms. The standard InChI is InChI=1S/C27H37NO4/c1-6-8-9-15-32-26(30)23-18(3)28-21-16-27(4,5)17-22(29)25(21)24(23)19-10-12-20(13-11-19)31-14-7-2/h10-13,24,28H,6-9,14-17H2,1-5H3. The molecule has 2 aliphatic rings. The molecule has 1 aliphatic carbocycles. The van der Waals surface area contributed by atoms with E-state index >= 15 is 0 Å². The Morgan fingerprint density at radius 2 is 1.78 bits per heavy atom. The average molecular weight is 440 g/mol. The van der Waals surface area contributed by atoms with Gasteiger partial charge in [0.15, 0.2) is 5.78 Å². The lowest BCUT2D eigenvalue weighted by Gasteiger charge is -2.39. The number of nitrogens with one attached hydrogen (secondary N) is 1. The fraction of sp³-hybridized carbons (Fsp3) is 0.556. The number of Topliss-reactive ketones (excluding diaryl/α,β-unsaturated/α-hetero) is 1. The number of carbonyl (C=O) groups excluding carboxylic acids is 2. The molecule has 1 unspecified atom stereocenters. The van der Waals surface area contributed by atoms with Crippen LogP contribution in [0, 0.1) is 5.41 Å². The van der Waals surface area contributed by atoms with Gasteiger partial charge in [0.2, 0.25) is 0 Å².